The van der Waals surface area contributed by atoms with Gasteiger partial charge >= 0.3 is 0 Å². The molecule has 1 N–H and O–H groups in total. The van der Waals surface area contributed by atoms with Crippen molar-refractivity contribution in [3.05, 3.63) is 66.1 Å². The van der Waals surface area contributed by atoms with Crippen LogP contribution in [0.5, 0.6) is 0 Å². The number of aromatic nitrogens is 3. The quantitative estimate of drug-likeness (QED) is 0.798. The number of nitrogens with one attached hydrogen (secondary N) is 1. The average molecular weight is 278 g/mol. The topological polar surface area (TPSA) is 42.7 Å². The van der Waals surface area contributed by atoms with E-state index in [0.29, 0.717) is 0 Å². The van der Waals surface area contributed by atoms with Crippen LogP contribution < -0.4 is 5.32 Å². The molecule has 3 rings (SSSR count). The molecule has 0 aliphatic rings. The smallest absolute Gasteiger partial charge is 0.153 e. The SMILES string of the molecule is CNCc1ccc(-n2cc(-c3ccccc3)cn2)nc1C. The van der Waals surface area contributed by atoms with Crippen molar-refractivity contribution < 1.29 is 0 Å². The van der Waals surface area contributed by atoms with E-state index in [0.717, 1.165) is 29.2 Å². The van der Waals surface area contributed by atoms with E-state index >= 15 is 0 Å². The van der Waals surface area contributed by atoms with Crippen LogP contribution in [0.4, 0.5) is 0 Å². The van der Waals surface area contributed by atoms with E-state index in [1.807, 2.05) is 55.3 Å². The van der Waals surface area contributed by atoms with Gasteiger partial charge in [-0.1, -0.05) is 36.4 Å². The minimum atomic E-state index is 0.827. The zero-order chi connectivity index (χ0) is 14.7. The average Bonchev–Trinajstić information content (AvgIpc) is 3.00. The van der Waals surface area contributed by atoms with Crippen LogP contribution in [0, 0.1) is 6.92 Å². The summed E-state index contributed by atoms with van der Waals surface area (Å²) in [7, 11) is 1.94. The van der Waals surface area contributed by atoms with E-state index in [1.165, 1.54) is 5.56 Å². The van der Waals surface area contributed by atoms with Gasteiger partial charge in [0.05, 0.1) is 6.20 Å². The van der Waals surface area contributed by atoms with E-state index in [-0.39, 0.29) is 0 Å². The summed E-state index contributed by atoms with van der Waals surface area (Å²) in [5, 5.41) is 7.57. The minimum absolute atomic E-state index is 0.827. The van der Waals surface area contributed by atoms with Gasteiger partial charge in [-0.25, -0.2) is 9.67 Å². The van der Waals surface area contributed by atoms with Gasteiger partial charge in [0, 0.05) is 24.0 Å². The third kappa shape index (κ3) is 2.85. The molecule has 0 amide bonds. The monoisotopic (exact) mass is 278 g/mol. The lowest BCUT2D eigenvalue weighted by Gasteiger charge is -2.07. The van der Waals surface area contributed by atoms with Crippen LogP contribution in [0.15, 0.2) is 54.9 Å². The summed E-state index contributed by atoms with van der Waals surface area (Å²) in [5.74, 6) is 0.842. The summed E-state index contributed by atoms with van der Waals surface area (Å²) in [5.41, 5.74) is 4.48. The maximum Gasteiger partial charge on any atom is 0.153 e. The van der Waals surface area contributed by atoms with Crippen LogP contribution in [-0.4, -0.2) is 21.8 Å². The van der Waals surface area contributed by atoms with Crippen molar-refractivity contribution in [2.45, 2.75) is 13.5 Å². The van der Waals surface area contributed by atoms with Gasteiger partial charge in [0.15, 0.2) is 5.82 Å². The van der Waals surface area contributed by atoms with Crippen LogP contribution in [0.3, 0.4) is 0 Å². The predicted molar refractivity (Wildman–Crippen MR) is 84.3 cm³/mol. The summed E-state index contributed by atoms with van der Waals surface area (Å²) in [4.78, 5) is 4.63. The molecular formula is C17H18N4. The Morgan fingerprint density at radius 2 is 1.86 bits per heavy atom. The second-order valence-electron chi connectivity index (χ2n) is 4.98. The van der Waals surface area contributed by atoms with Gasteiger partial charge in [-0.05, 0) is 31.2 Å². The number of aryl methyl sites for hydroxylation is 1. The Morgan fingerprint density at radius 3 is 2.57 bits per heavy atom. The van der Waals surface area contributed by atoms with Crippen LogP contribution in [0.2, 0.25) is 0 Å². The molecule has 0 radical (unpaired) electrons. The van der Waals surface area contributed by atoms with Gasteiger partial charge in [-0.15, -0.1) is 0 Å². The van der Waals surface area contributed by atoms with Gasteiger partial charge in [-0.2, -0.15) is 5.10 Å². The fraction of sp³-hybridized carbons (Fsp3) is 0.176. The Kier molecular flexibility index (Phi) is 3.79. The Hall–Kier alpha value is -2.46. The molecule has 0 atom stereocenters. The molecule has 4 heteroatoms. The number of pyridine rings is 1. The number of hydrogen-bond acceptors (Lipinski definition) is 3. The highest BCUT2D eigenvalue weighted by atomic mass is 15.3. The molecule has 0 bridgehead atoms. The maximum absolute atomic E-state index is 4.63. The van der Waals surface area contributed by atoms with Gasteiger partial charge in [0.25, 0.3) is 0 Å². The molecule has 2 aromatic heterocycles. The van der Waals surface area contributed by atoms with Crippen molar-refractivity contribution in [2.24, 2.45) is 0 Å². The second kappa shape index (κ2) is 5.89. The van der Waals surface area contributed by atoms with E-state index in [9.17, 15) is 0 Å². The predicted octanol–water partition coefficient (Wildman–Crippen LogP) is 2.96. The van der Waals surface area contributed by atoms with Crippen LogP contribution >= 0.6 is 0 Å². The van der Waals surface area contributed by atoms with E-state index in [4.69, 9.17) is 0 Å². The summed E-state index contributed by atoms with van der Waals surface area (Å²) >= 11 is 0. The Morgan fingerprint density at radius 1 is 1.05 bits per heavy atom. The molecule has 106 valence electrons. The first kappa shape index (κ1) is 13.5. The van der Waals surface area contributed by atoms with Crippen LogP contribution in [0.1, 0.15) is 11.3 Å². The molecule has 21 heavy (non-hydrogen) atoms. The molecule has 2 heterocycles. The fourth-order valence-corrected chi connectivity index (χ4v) is 2.31. The molecule has 0 saturated carbocycles. The van der Waals surface area contributed by atoms with Crippen molar-refractivity contribution in [1.29, 1.82) is 0 Å². The van der Waals surface area contributed by atoms with E-state index in [1.54, 1.807) is 0 Å². The first-order valence-corrected chi connectivity index (χ1v) is 6.99. The highest BCUT2D eigenvalue weighted by Crippen LogP contribution is 2.19. The lowest BCUT2D eigenvalue weighted by Crippen LogP contribution is -2.09. The molecule has 3 aromatic rings. The summed E-state index contributed by atoms with van der Waals surface area (Å²) in [6.45, 7) is 2.85. The molecule has 1 aromatic carbocycles. The van der Waals surface area contributed by atoms with Gasteiger partial charge in [0.1, 0.15) is 0 Å². The minimum Gasteiger partial charge on any atom is -0.316 e. The molecule has 0 spiro atoms. The van der Waals surface area contributed by atoms with Gasteiger partial charge in [0.2, 0.25) is 0 Å². The number of rotatable bonds is 4. The molecule has 0 saturated heterocycles. The number of nitrogens with zero attached hydrogens (tertiary/aromatic N) is 3. The van der Waals surface area contributed by atoms with Crippen molar-refractivity contribution >= 4 is 0 Å². The van der Waals surface area contributed by atoms with Crippen LogP contribution in [-0.2, 0) is 6.54 Å². The standard InChI is InChI=1S/C17H18N4/c1-13-15(10-18-2)8-9-17(20-13)21-12-16(11-19-21)14-6-4-3-5-7-14/h3-9,11-12,18H,10H2,1-2H3. The van der Waals surface area contributed by atoms with Gasteiger partial charge in [-0.3, -0.25) is 0 Å². The van der Waals surface area contributed by atoms with Crippen molar-refractivity contribution in [2.75, 3.05) is 7.05 Å². The van der Waals surface area contributed by atoms with E-state index in [2.05, 4.69) is 33.6 Å². The summed E-state index contributed by atoms with van der Waals surface area (Å²) in [6.07, 6.45) is 3.88. The zero-order valence-corrected chi connectivity index (χ0v) is 12.2. The molecule has 0 unspecified atom stereocenters. The molecule has 0 aliphatic heterocycles. The Bertz CT molecular complexity index is 732. The number of hydrogen-bond donors (Lipinski definition) is 1. The third-order valence-electron chi connectivity index (χ3n) is 3.47. The lowest BCUT2D eigenvalue weighted by molar-refractivity contribution is 0.790. The zero-order valence-electron chi connectivity index (χ0n) is 12.2. The first-order chi connectivity index (χ1) is 10.3. The largest absolute Gasteiger partial charge is 0.316 e. The number of benzene rings is 1. The maximum atomic E-state index is 4.63. The highest BCUT2D eigenvalue weighted by Gasteiger charge is 2.06. The van der Waals surface area contributed by atoms with Crippen molar-refractivity contribution in [3.8, 4) is 16.9 Å². The second-order valence-corrected chi connectivity index (χ2v) is 4.98. The van der Waals surface area contributed by atoms with Gasteiger partial charge < -0.3 is 5.32 Å². The normalized spacial score (nSPS) is 10.8. The summed E-state index contributed by atoms with van der Waals surface area (Å²) < 4.78 is 1.82. The first-order valence-electron chi connectivity index (χ1n) is 6.99. The fourth-order valence-electron chi connectivity index (χ4n) is 2.31. The highest BCUT2D eigenvalue weighted by molar-refractivity contribution is 5.61. The van der Waals surface area contributed by atoms with E-state index < -0.39 is 0 Å². The van der Waals surface area contributed by atoms with Crippen molar-refractivity contribution in [3.63, 3.8) is 0 Å². The Balaban J connectivity index is 1.91. The molecular weight excluding hydrogens is 260 g/mol. The molecule has 4 nitrogen and oxygen atoms in total. The lowest BCUT2D eigenvalue weighted by atomic mass is 10.1. The Labute approximate surface area is 124 Å². The molecule has 0 aliphatic carbocycles. The van der Waals surface area contributed by atoms with Crippen molar-refractivity contribution in [1.82, 2.24) is 20.1 Å². The third-order valence-corrected chi connectivity index (χ3v) is 3.47. The summed E-state index contributed by atoms with van der Waals surface area (Å²) in [6, 6.07) is 14.3. The van der Waals surface area contributed by atoms with Crippen LogP contribution in [0.25, 0.3) is 16.9 Å². The molecule has 0 fully saturated rings.